The van der Waals surface area contributed by atoms with Gasteiger partial charge in [-0.3, -0.25) is 4.99 Å². The average Bonchev–Trinajstić information content (AvgIpc) is 3.26. The van der Waals surface area contributed by atoms with Crippen molar-refractivity contribution in [2.24, 2.45) is 4.99 Å². The number of thiazole rings is 1. The Balaban J connectivity index is 0.00000261. The Morgan fingerprint density at radius 1 is 1.30 bits per heavy atom. The number of aromatic nitrogens is 2. The molecule has 3 aromatic rings. The molecule has 2 heterocycles. The van der Waals surface area contributed by atoms with Crippen LogP contribution >= 0.6 is 35.3 Å². The number of anilines is 1. The number of aryl methyl sites for hydroxylation is 1. The fourth-order valence-corrected chi connectivity index (χ4v) is 3.62. The van der Waals surface area contributed by atoms with Crippen molar-refractivity contribution in [3.05, 3.63) is 46.6 Å². The van der Waals surface area contributed by atoms with Crippen molar-refractivity contribution in [3.63, 3.8) is 0 Å². The number of benzene rings is 1. The van der Waals surface area contributed by atoms with Crippen molar-refractivity contribution in [1.82, 2.24) is 20.6 Å². The van der Waals surface area contributed by atoms with Gasteiger partial charge in [0.15, 0.2) is 11.1 Å². The van der Waals surface area contributed by atoms with Crippen LogP contribution in [-0.2, 0) is 13.0 Å². The normalized spacial score (nSPS) is 11.3. The number of guanidine groups is 1. The monoisotopic (exact) mass is 498 g/mol. The molecule has 1 aromatic carbocycles. The maximum atomic E-state index is 4.57. The molecule has 0 atom stereocenters. The molecule has 27 heavy (non-hydrogen) atoms. The Morgan fingerprint density at radius 3 is 2.81 bits per heavy atom. The van der Waals surface area contributed by atoms with E-state index in [1.165, 1.54) is 22.0 Å². The zero-order chi connectivity index (χ0) is 18.5. The van der Waals surface area contributed by atoms with Gasteiger partial charge in [0.05, 0.1) is 12.2 Å². The van der Waals surface area contributed by atoms with Crippen molar-refractivity contribution in [1.29, 1.82) is 0 Å². The van der Waals surface area contributed by atoms with Gasteiger partial charge in [0.2, 0.25) is 0 Å². The molecule has 0 aliphatic rings. The van der Waals surface area contributed by atoms with Crippen LogP contribution in [0.3, 0.4) is 0 Å². The number of nitrogens with one attached hydrogen (secondary N) is 3. The minimum absolute atomic E-state index is 0. The van der Waals surface area contributed by atoms with Gasteiger partial charge in [-0.15, -0.1) is 35.3 Å². The van der Waals surface area contributed by atoms with Crippen LogP contribution in [0, 0.1) is 6.92 Å². The molecular formula is C19H27IN6S. The van der Waals surface area contributed by atoms with Crippen molar-refractivity contribution < 1.29 is 0 Å². The molecular weight excluding hydrogens is 471 g/mol. The van der Waals surface area contributed by atoms with Crippen LogP contribution in [0.2, 0.25) is 0 Å². The van der Waals surface area contributed by atoms with Crippen LogP contribution in [-0.4, -0.2) is 43.6 Å². The van der Waals surface area contributed by atoms with E-state index in [1.54, 1.807) is 18.4 Å². The van der Waals surface area contributed by atoms with Gasteiger partial charge in [-0.1, -0.05) is 18.2 Å². The van der Waals surface area contributed by atoms with E-state index < -0.39 is 0 Å². The number of aliphatic imine (C=N–C) groups is 1. The molecule has 0 saturated heterocycles. The molecule has 3 N–H and O–H groups in total. The minimum Gasteiger partial charge on any atom is -0.361 e. The van der Waals surface area contributed by atoms with Crippen molar-refractivity contribution >= 4 is 57.3 Å². The zero-order valence-corrected chi connectivity index (χ0v) is 19.3. The third kappa shape index (κ3) is 5.35. The third-order valence-electron chi connectivity index (χ3n) is 4.28. The quantitative estimate of drug-likeness (QED) is 0.277. The Bertz CT molecular complexity index is 899. The number of halogens is 1. The van der Waals surface area contributed by atoms with Crippen molar-refractivity contribution in [2.75, 3.05) is 32.6 Å². The predicted octanol–water partition coefficient (Wildman–Crippen LogP) is 3.52. The lowest BCUT2D eigenvalue weighted by molar-refractivity contribution is 0.787. The molecule has 0 aliphatic carbocycles. The molecule has 146 valence electrons. The summed E-state index contributed by atoms with van der Waals surface area (Å²) < 4.78 is 0. The summed E-state index contributed by atoms with van der Waals surface area (Å²) in [6.45, 7) is 3.61. The standard InChI is InChI=1S/C19H26N6S.HI/c1-13-6-5-7-16-14(10-22-17(13)16)8-9-21-18(20-2)23-11-15-12-26-19(24-15)25(3)4;/h5-7,10,12,22H,8-9,11H2,1-4H3,(H2,20,21,23);1H. The zero-order valence-electron chi connectivity index (χ0n) is 16.2. The molecule has 0 unspecified atom stereocenters. The van der Waals surface area contributed by atoms with Crippen LogP contribution in [0.4, 0.5) is 5.13 Å². The largest absolute Gasteiger partial charge is 0.361 e. The first kappa shape index (κ1) is 21.5. The summed E-state index contributed by atoms with van der Waals surface area (Å²) in [6, 6.07) is 6.41. The Morgan fingerprint density at radius 2 is 2.11 bits per heavy atom. The summed E-state index contributed by atoms with van der Waals surface area (Å²) in [5.74, 6) is 0.792. The molecule has 0 bridgehead atoms. The number of hydrogen-bond acceptors (Lipinski definition) is 4. The van der Waals surface area contributed by atoms with Crippen molar-refractivity contribution in [3.8, 4) is 0 Å². The van der Waals surface area contributed by atoms with Gasteiger partial charge in [-0.2, -0.15) is 0 Å². The first-order valence-corrected chi connectivity index (χ1v) is 9.58. The van der Waals surface area contributed by atoms with E-state index in [-0.39, 0.29) is 24.0 Å². The second-order valence-electron chi connectivity index (χ2n) is 6.43. The van der Waals surface area contributed by atoms with E-state index >= 15 is 0 Å². The van der Waals surface area contributed by atoms with E-state index in [0.717, 1.165) is 29.8 Å². The SMILES string of the molecule is CN=C(NCCc1c[nH]c2c(C)cccc12)NCc1csc(N(C)C)n1.I. The Hall–Kier alpha value is -1.81. The van der Waals surface area contributed by atoms with E-state index in [4.69, 9.17) is 0 Å². The number of para-hydroxylation sites is 1. The molecule has 0 amide bonds. The highest BCUT2D eigenvalue weighted by Crippen LogP contribution is 2.21. The van der Waals surface area contributed by atoms with Crippen LogP contribution in [0.15, 0.2) is 34.8 Å². The minimum atomic E-state index is 0. The Labute approximate surface area is 181 Å². The second-order valence-corrected chi connectivity index (χ2v) is 7.27. The van der Waals surface area contributed by atoms with Gasteiger partial charge >= 0.3 is 0 Å². The number of aromatic amines is 1. The number of fused-ring (bicyclic) bond motifs is 1. The average molecular weight is 498 g/mol. The molecule has 6 nitrogen and oxygen atoms in total. The highest BCUT2D eigenvalue weighted by atomic mass is 127. The Kier molecular flexibility index (Phi) is 7.91. The van der Waals surface area contributed by atoms with E-state index in [9.17, 15) is 0 Å². The molecule has 2 aromatic heterocycles. The van der Waals surface area contributed by atoms with Crippen LogP contribution in [0.5, 0.6) is 0 Å². The van der Waals surface area contributed by atoms with Gasteiger partial charge in [0.25, 0.3) is 0 Å². The molecule has 8 heteroatoms. The lowest BCUT2D eigenvalue weighted by Crippen LogP contribution is -2.37. The molecule has 0 aliphatic heterocycles. The molecule has 0 saturated carbocycles. The van der Waals surface area contributed by atoms with Crippen LogP contribution < -0.4 is 15.5 Å². The summed E-state index contributed by atoms with van der Waals surface area (Å²) >= 11 is 1.65. The molecule has 0 spiro atoms. The fraction of sp³-hybridized carbons (Fsp3) is 0.368. The van der Waals surface area contributed by atoms with Gasteiger partial charge in [-0.05, 0) is 24.5 Å². The van der Waals surface area contributed by atoms with Gasteiger partial charge in [0.1, 0.15) is 0 Å². The second kappa shape index (κ2) is 9.93. The summed E-state index contributed by atoms with van der Waals surface area (Å²) in [5, 5.41) is 11.1. The van der Waals surface area contributed by atoms with Gasteiger partial charge in [-0.25, -0.2) is 4.98 Å². The lowest BCUT2D eigenvalue weighted by atomic mass is 10.1. The number of hydrogen-bond donors (Lipinski definition) is 3. The number of H-pyrrole nitrogens is 1. The summed E-state index contributed by atoms with van der Waals surface area (Å²) in [5.41, 5.74) is 4.85. The molecule has 3 rings (SSSR count). The van der Waals surface area contributed by atoms with E-state index in [1.807, 2.05) is 19.0 Å². The number of rotatable bonds is 6. The highest BCUT2D eigenvalue weighted by molar-refractivity contribution is 14.0. The summed E-state index contributed by atoms with van der Waals surface area (Å²) in [6.07, 6.45) is 3.04. The first-order chi connectivity index (χ1) is 12.6. The highest BCUT2D eigenvalue weighted by Gasteiger charge is 2.07. The maximum absolute atomic E-state index is 4.57. The molecule has 0 fully saturated rings. The van der Waals surface area contributed by atoms with Crippen LogP contribution in [0.1, 0.15) is 16.8 Å². The van der Waals surface area contributed by atoms with Crippen molar-refractivity contribution in [2.45, 2.75) is 19.9 Å². The third-order valence-corrected chi connectivity index (χ3v) is 5.34. The van der Waals surface area contributed by atoms with Gasteiger partial charge < -0.3 is 20.5 Å². The predicted molar refractivity (Wildman–Crippen MR) is 127 cm³/mol. The summed E-state index contributed by atoms with van der Waals surface area (Å²) in [4.78, 5) is 14.3. The first-order valence-electron chi connectivity index (χ1n) is 8.70. The molecule has 0 radical (unpaired) electrons. The van der Waals surface area contributed by atoms with E-state index in [0.29, 0.717) is 6.54 Å². The van der Waals surface area contributed by atoms with Gasteiger partial charge in [0, 0.05) is 50.2 Å². The smallest absolute Gasteiger partial charge is 0.191 e. The fourth-order valence-electron chi connectivity index (χ4n) is 2.86. The maximum Gasteiger partial charge on any atom is 0.191 e. The summed E-state index contributed by atoms with van der Waals surface area (Å²) in [7, 11) is 5.79. The number of nitrogens with zero attached hydrogens (tertiary/aromatic N) is 3. The van der Waals surface area contributed by atoms with E-state index in [2.05, 4.69) is 62.3 Å². The van der Waals surface area contributed by atoms with Crippen LogP contribution in [0.25, 0.3) is 10.9 Å². The lowest BCUT2D eigenvalue weighted by Gasteiger charge is -2.11. The topological polar surface area (TPSA) is 68.3 Å².